The Labute approximate surface area is 192 Å². The zero-order valence-electron chi connectivity index (χ0n) is 18.8. The van der Waals surface area contributed by atoms with Crippen LogP contribution in [0.3, 0.4) is 0 Å². The van der Waals surface area contributed by atoms with E-state index in [9.17, 15) is 44.3 Å². The Kier molecular flexibility index (Phi) is 11.2. The number of alkyl halides is 9. The van der Waals surface area contributed by atoms with Crippen molar-refractivity contribution in [1.82, 2.24) is 0 Å². The van der Waals surface area contributed by atoms with Crippen LogP contribution in [0.15, 0.2) is 24.3 Å². The molecule has 0 amide bonds. The minimum atomic E-state index is -7.05. The Morgan fingerprint density at radius 1 is 0.706 bits per heavy atom. The van der Waals surface area contributed by atoms with Gasteiger partial charge in [0.2, 0.25) is 0 Å². The number of carbonyl (C=O) groups excluding carboxylic acids is 1. The zero-order valence-corrected chi connectivity index (χ0v) is 18.8. The zero-order chi connectivity index (χ0) is 26.0. The van der Waals surface area contributed by atoms with Gasteiger partial charge in [-0.1, -0.05) is 82.9 Å². The number of ether oxygens (including phenoxy) is 1. The maximum absolute atomic E-state index is 14.3. The van der Waals surface area contributed by atoms with E-state index in [0.717, 1.165) is 44.6 Å². The van der Waals surface area contributed by atoms with Crippen LogP contribution in [0.5, 0.6) is 0 Å². The molecule has 2 nitrogen and oxygen atoms in total. The Morgan fingerprint density at radius 3 is 1.68 bits per heavy atom. The molecule has 0 radical (unpaired) electrons. The van der Waals surface area contributed by atoms with Crippen LogP contribution in [0.25, 0.3) is 0 Å². The second-order valence-electron chi connectivity index (χ2n) is 8.08. The van der Waals surface area contributed by atoms with Gasteiger partial charge in [-0.15, -0.1) is 0 Å². The molecule has 11 heteroatoms. The van der Waals surface area contributed by atoms with Crippen LogP contribution in [0, 0.1) is 0 Å². The lowest BCUT2D eigenvalue weighted by atomic mass is 9.93. The summed E-state index contributed by atoms with van der Waals surface area (Å²) in [5, 5.41) is 0. The summed E-state index contributed by atoms with van der Waals surface area (Å²) in [7, 11) is 0. The third kappa shape index (κ3) is 7.28. The highest BCUT2D eigenvalue weighted by Crippen LogP contribution is 2.57. The first-order valence-electron chi connectivity index (χ1n) is 11.2. The lowest BCUT2D eigenvalue weighted by Crippen LogP contribution is -2.59. The summed E-state index contributed by atoms with van der Waals surface area (Å²) < 4.78 is 124. The molecule has 0 N–H and O–H groups in total. The number of hydrogen-bond donors (Lipinski definition) is 0. The number of unbranched alkanes of at least 4 members (excludes halogenated alkanes) is 9. The Hall–Kier alpha value is -1.94. The molecule has 0 aromatic heterocycles. The van der Waals surface area contributed by atoms with Crippen LogP contribution < -0.4 is 0 Å². The number of hydrogen-bond acceptors (Lipinski definition) is 2. The second kappa shape index (κ2) is 12.7. The Bertz CT molecular complexity index is 761. The summed E-state index contributed by atoms with van der Waals surface area (Å²) in [5.74, 6) is -21.4. The summed E-state index contributed by atoms with van der Waals surface area (Å²) in [6.45, 7) is 1.88. The molecule has 0 atom stereocenters. The van der Waals surface area contributed by atoms with Crippen LogP contribution in [0.2, 0.25) is 0 Å². The van der Waals surface area contributed by atoms with E-state index >= 15 is 0 Å². The predicted molar refractivity (Wildman–Crippen MR) is 108 cm³/mol. The first-order chi connectivity index (χ1) is 15.7. The van der Waals surface area contributed by atoms with E-state index in [1.807, 2.05) is 0 Å². The number of benzene rings is 1. The highest BCUT2D eigenvalue weighted by Gasteiger charge is 2.82. The highest BCUT2D eigenvalue weighted by atomic mass is 19.4. The molecule has 0 spiro atoms. The van der Waals surface area contributed by atoms with Gasteiger partial charge in [-0.3, -0.25) is 0 Å². The van der Waals surface area contributed by atoms with Gasteiger partial charge in [0.15, 0.2) is 0 Å². The van der Waals surface area contributed by atoms with E-state index in [0.29, 0.717) is 25.0 Å². The third-order valence-corrected chi connectivity index (χ3v) is 5.36. The molecule has 0 aliphatic heterocycles. The van der Waals surface area contributed by atoms with Gasteiger partial charge in [0, 0.05) is 5.56 Å². The maximum Gasteiger partial charge on any atom is 0.460 e. The average Bonchev–Trinajstić information content (AvgIpc) is 2.76. The van der Waals surface area contributed by atoms with E-state index in [1.165, 1.54) is 12.8 Å². The van der Waals surface area contributed by atoms with Gasteiger partial charge in [-0.2, -0.15) is 39.5 Å². The van der Waals surface area contributed by atoms with E-state index in [-0.39, 0.29) is 12.7 Å². The van der Waals surface area contributed by atoms with Gasteiger partial charge >= 0.3 is 29.9 Å². The van der Waals surface area contributed by atoms with E-state index in [1.54, 1.807) is 0 Å². The molecule has 0 saturated heterocycles. The normalized spacial score (nSPS) is 13.2. The fraction of sp³-hybridized carbons (Fsp3) is 0.696. The highest BCUT2D eigenvalue weighted by molar-refractivity contribution is 5.91. The van der Waals surface area contributed by atoms with Crippen molar-refractivity contribution < 1.29 is 49.0 Å². The van der Waals surface area contributed by atoms with Gasteiger partial charge < -0.3 is 4.74 Å². The molecule has 0 aliphatic rings. The number of esters is 1. The fourth-order valence-corrected chi connectivity index (χ4v) is 3.31. The monoisotopic (exact) mass is 508 g/mol. The quantitative estimate of drug-likeness (QED) is 0.135. The molecular formula is C23H29F9O2. The molecule has 196 valence electrons. The SMILES string of the molecule is CCCCCCCCCCCCOC(=O)c1ccccc1C(F)(F)C(F)(F)C(F)(F)C(F)(F)F. The van der Waals surface area contributed by atoms with Crippen molar-refractivity contribution in [2.45, 2.75) is 95.1 Å². The molecule has 1 aromatic carbocycles. The van der Waals surface area contributed by atoms with Crippen molar-refractivity contribution in [2.75, 3.05) is 6.61 Å². The smallest absolute Gasteiger partial charge is 0.460 e. The van der Waals surface area contributed by atoms with Crippen LogP contribution in [0.1, 0.15) is 87.1 Å². The largest absolute Gasteiger partial charge is 0.462 e. The van der Waals surface area contributed by atoms with Crippen molar-refractivity contribution in [3.63, 3.8) is 0 Å². The molecular weight excluding hydrogens is 479 g/mol. The summed E-state index contributed by atoms with van der Waals surface area (Å²) in [6, 6.07) is 2.48. The van der Waals surface area contributed by atoms with E-state index in [4.69, 9.17) is 4.74 Å². The predicted octanol–water partition coefficient (Wildman–Crippen LogP) is 8.69. The van der Waals surface area contributed by atoms with Gasteiger partial charge in [0.25, 0.3) is 0 Å². The third-order valence-electron chi connectivity index (χ3n) is 5.36. The summed E-state index contributed by atoms with van der Waals surface area (Å²) in [5.41, 5.74) is -3.19. The first-order valence-corrected chi connectivity index (χ1v) is 11.2. The van der Waals surface area contributed by atoms with Crippen LogP contribution in [-0.2, 0) is 10.7 Å². The van der Waals surface area contributed by atoms with Crippen LogP contribution in [-0.4, -0.2) is 30.6 Å². The minimum absolute atomic E-state index is 0.192. The number of rotatable bonds is 15. The van der Waals surface area contributed by atoms with E-state index < -0.39 is 41.0 Å². The first kappa shape index (κ1) is 30.1. The number of halogens is 9. The van der Waals surface area contributed by atoms with Gasteiger partial charge in [-0.05, 0) is 12.5 Å². The summed E-state index contributed by atoms with van der Waals surface area (Å²) in [6.07, 6.45) is 2.70. The van der Waals surface area contributed by atoms with Gasteiger partial charge in [0.05, 0.1) is 12.2 Å². The van der Waals surface area contributed by atoms with Crippen LogP contribution in [0.4, 0.5) is 39.5 Å². The molecule has 0 heterocycles. The Balaban J connectivity index is 2.71. The average molecular weight is 508 g/mol. The maximum atomic E-state index is 14.3. The summed E-state index contributed by atoms with van der Waals surface area (Å²) in [4.78, 5) is 12.1. The topological polar surface area (TPSA) is 26.3 Å². The van der Waals surface area contributed by atoms with Crippen molar-refractivity contribution in [3.05, 3.63) is 35.4 Å². The van der Waals surface area contributed by atoms with Crippen molar-refractivity contribution >= 4 is 5.97 Å². The molecule has 0 aliphatic carbocycles. The molecule has 0 fully saturated rings. The molecule has 0 unspecified atom stereocenters. The van der Waals surface area contributed by atoms with Crippen molar-refractivity contribution in [3.8, 4) is 0 Å². The molecule has 34 heavy (non-hydrogen) atoms. The molecule has 1 aromatic rings. The van der Waals surface area contributed by atoms with Gasteiger partial charge in [0.1, 0.15) is 0 Å². The number of carbonyl (C=O) groups is 1. The molecule has 0 bridgehead atoms. The summed E-state index contributed by atoms with van der Waals surface area (Å²) >= 11 is 0. The lowest BCUT2D eigenvalue weighted by Gasteiger charge is -2.34. The van der Waals surface area contributed by atoms with Crippen LogP contribution >= 0.6 is 0 Å². The van der Waals surface area contributed by atoms with E-state index in [2.05, 4.69) is 6.92 Å². The fourth-order valence-electron chi connectivity index (χ4n) is 3.31. The van der Waals surface area contributed by atoms with Crippen molar-refractivity contribution in [1.29, 1.82) is 0 Å². The Morgan fingerprint density at radius 2 is 1.18 bits per heavy atom. The van der Waals surface area contributed by atoms with Crippen molar-refractivity contribution in [2.24, 2.45) is 0 Å². The molecule has 1 rings (SSSR count). The second-order valence-corrected chi connectivity index (χ2v) is 8.08. The lowest BCUT2D eigenvalue weighted by molar-refractivity contribution is -0.399. The standard InChI is InChI=1S/C23H29F9O2/c1-2-3-4-5-6-7-8-9-10-13-16-34-19(33)17-14-11-12-15-18(17)20(24,25)21(26,27)22(28,29)23(30,31)32/h11-12,14-15H,2-10,13,16H2,1H3. The van der Waals surface area contributed by atoms with Gasteiger partial charge in [-0.25, -0.2) is 4.79 Å². The molecule has 0 saturated carbocycles. The minimum Gasteiger partial charge on any atom is -0.462 e.